The van der Waals surface area contributed by atoms with Gasteiger partial charge in [-0.2, -0.15) is 0 Å². The zero-order chi connectivity index (χ0) is 18.8. The van der Waals surface area contributed by atoms with E-state index >= 15 is 0 Å². The largest absolute Gasteiger partial charge is 0.466 e. The van der Waals surface area contributed by atoms with Crippen molar-refractivity contribution >= 4 is 5.97 Å². The van der Waals surface area contributed by atoms with Crippen LogP contribution in [-0.4, -0.2) is 36.0 Å². The minimum absolute atomic E-state index is 0.0461. The van der Waals surface area contributed by atoms with Gasteiger partial charge in [-0.15, -0.1) is 0 Å². The van der Waals surface area contributed by atoms with Crippen LogP contribution in [0.25, 0.3) is 0 Å². The third-order valence-electron chi connectivity index (χ3n) is 6.84. The van der Waals surface area contributed by atoms with Crippen LogP contribution in [0.2, 0.25) is 0 Å². The molecule has 0 radical (unpaired) electrons. The Kier molecular flexibility index (Phi) is 6.16. The minimum Gasteiger partial charge on any atom is -0.466 e. The maximum Gasteiger partial charge on any atom is 0.333 e. The van der Waals surface area contributed by atoms with Gasteiger partial charge in [0.25, 0.3) is 0 Å². The monoisotopic (exact) mass is 350 g/mol. The molecule has 0 spiro atoms. The average molecular weight is 350 g/mol. The molecule has 2 rings (SSSR count). The first-order chi connectivity index (χ1) is 11.7. The summed E-state index contributed by atoms with van der Waals surface area (Å²) in [4.78, 5) is 12.4. The second-order valence-electron chi connectivity index (χ2n) is 8.74. The van der Waals surface area contributed by atoms with E-state index in [1.165, 1.54) is 20.0 Å². The fraction of sp³-hybridized carbons (Fsp3) is 0.762. The third kappa shape index (κ3) is 3.85. The van der Waals surface area contributed by atoms with E-state index in [1.807, 2.05) is 0 Å². The summed E-state index contributed by atoms with van der Waals surface area (Å²) in [6, 6.07) is 0. The summed E-state index contributed by atoms with van der Waals surface area (Å²) in [7, 11) is 1.44. The average Bonchev–Trinajstić information content (AvgIpc) is 2.57. The van der Waals surface area contributed by atoms with E-state index in [0.717, 1.165) is 24.8 Å². The van der Waals surface area contributed by atoms with E-state index in [0.29, 0.717) is 17.9 Å². The molecule has 0 bridgehead atoms. The lowest BCUT2D eigenvalue weighted by atomic mass is 9.48. The van der Waals surface area contributed by atoms with Gasteiger partial charge in [-0.25, -0.2) is 4.79 Å². The van der Waals surface area contributed by atoms with Gasteiger partial charge in [-0.05, 0) is 60.3 Å². The number of hydrogen-bond acceptors (Lipinski definition) is 4. The minimum atomic E-state index is -0.888. The topological polar surface area (TPSA) is 66.8 Å². The summed E-state index contributed by atoms with van der Waals surface area (Å²) in [6.07, 6.45) is 6.97. The Hall–Kier alpha value is -1.13. The number of fused-ring (bicyclic) bond motifs is 1. The van der Waals surface area contributed by atoms with Crippen LogP contribution >= 0.6 is 0 Å². The number of carbonyl (C=O) groups is 1. The van der Waals surface area contributed by atoms with Crippen molar-refractivity contribution in [3.63, 3.8) is 0 Å². The van der Waals surface area contributed by atoms with Crippen molar-refractivity contribution in [1.82, 2.24) is 0 Å². The number of carbonyl (C=O) groups excluding carboxylic acids is 1. The molecule has 0 aromatic heterocycles. The first kappa shape index (κ1) is 20.2. The molecule has 0 aromatic rings. The van der Waals surface area contributed by atoms with E-state index in [-0.39, 0.29) is 29.3 Å². The lowest BCUT2D eigenvalue weighted by Crippen LogP contribution is -2.49. The summed E-state index contributed by atoms with van der Waals surface area (Å²) < 4.78 is 5.05. The number of ether oxygens (including phenoxy) is 1. The molecule has 4 heteroatoms. The van der Waals surface area contributed by atoms with E-state index < -0.39 is 6.10 Å². The van der Waals surface area contributed by atoms with E-state index in [4.69, 9.17) is 9.84 Å². The highest BCUT2D eigenvalue weighted by Gasteiger charge is 2.53. The summed E-state index contributed by atoms with van der Waals surface area (Å²) in [6.45, 7) is 10.6. The Labute approximate surface area is 152 Å². The molecule has 2 aliphatic rings. The molecule has 2 N–H and O–H groups in total. The number of methoxy groups -OCH3 is 1. The zero-order valence-corrected chi connectivity index (χ0v) is 16.2. The van der Waals surface area contributed by atoms with Crippen LogP contribution in [0.15, 0.2) is 23.8 Å². The van der Waals surface area contributed by atoms with Gasteiger partial charge >= 0.3 is 5.97 Å². The molecule has 4 nitrogen and oxygen atoms in total. The molecular weight excluding hydrogens is 316 g/mol. The molecule has 25 heavy (non-hydrogen) atoms. The predicted molar refractivity (Wildman–Crippen MR) is 98.9 cm³/mol. The molecule has 0 unspecified atom stereocenters. The zero-order valence-electron chi connectivity index (χ0n) is 16.2. The number of esters is 1. The normalized spacial score (nSPS) is 32.3. The Bertz CT molecular complexity index is 548. The highest BCUT2D eigenvalue weighted by Crippen LogP contribution is 2.60. The SMILES string of the molecule is C=C(CC[C@H]1C(C(=O)OC)=CC[C@H]2C(C)(C)CCC[C@]12C)[C@H](O)CO. The van der Waals surface area contributed by atoms with Crippen molar-refractivity contribution in [1.29, 1.82) is 0 Å². The van der Waals surface area contributed by atoms with Gasteiger partial charge < -0.3 is 14.9 Å². The second-order valence-corrected chi connectivity index (χ2v) is 8.74. The summed E-state index contributed by atoms with van der Waals surface area (Å²) >= 11 is 0. The molecule has 1 saturated carbocycles. The molecular formula is C21H34O4. The fourth-order valence-electron chi connectivity index (χ4n) is 5.37. The fourth-order valence-corrected chi connectivity index (χ4v) is 5.37. The van der Waals surface area contributed by atoms with Gasteiger partial charge in [0.2, 0.25) is 0 Å². The Balaban J connectivity index is 2.31. The number of allylic oxidation sites excluding steroid dienone is 1. The van der Waals surface area contributed by atoms with Crippen LogP contribution in [0.4, 0.5) is 0 Å². The van der Waals surface area contributed by atoms with Crippen LogP contribution in [0.3, 0.4) is 0 Å². The summed E-state index contributed by atoms with van der Waals surface area (Å²) in [5.74, 6) is 0.394. The van der Waals surface area contributed by atoms with Crippen molar-refractivity contribution < 1.29 is 19.7 Å². The number of hydrogen-bond donors (Lipinski definition) is 2. The van der Waals surface area contributed by atoms with Crippen LogP contribution in [-0.2, 0) is 9.53 Å². The molecule has 142 valence electrons. The Morgan fingerprint density at radius 2 is 2.08 bits per heavy atom. The maximum absolute atomic E-state index is 12.4. The van der Waals surface area contributed by atoms with Crippen molar-refractivity contribution in [2.45, 2.75) is 65.4 Å². The number of rotatable bonds is 6. The third-order valence-corrected chi connectivity index (χ3v) is 6.84. The van der Waals surface area contributed by atoms with Gasteiger partial charge in [-0.3, -0.25) is 0 Å². The van der Waals surface area contributed by atoms with Crippen LogP contribution in [0.1, 0.15) is 59.3 Å². The second kappa shape index (κ2) is 7.63. The molecule has 2 aliphatic carbocycles. The maximum atomic E-state index is 12.4. The molecule has 0 aliphatic heterocycles. The molecule has 4 atom stereocenters. The Morgan fingerprint density at radius 3 is 2.68 bits per heavy atom. The Morgan fingerprint density at radius 1 is 1.40 bits per heavy atom. The van der Waals surface area contributed by atoms with Gasteiger partial charge in [0.1, 0.15) is 0 Å². The molecule has 0 aromatic carbocycles. The van der Waals surface area contributed by atoms with Crippen molar-refractivity contribution in [2.24, 2.45) is 22.7 Å². The van der Waals surface area contributed by atoms with Gasteiger partial charge in [0.05, 0.1) is 19.8 Å². The quantitative estimate of drug-likeness (QED) is 0.567. The van der Waals surface area contributed by atoms with Crippen molar-refractivity contribution in [3.8, 4) is 0 Å². The highest BCUT2D eigenvalue weighted by atomic mass is 16.5. The first-order valence-corrected chi connectivity index (χ1v) is 9.42. The van der Waals surface area contributed by atoms with Gasteiger partial charge in [0.15, 0.2) is 0 Å². The van der Waals surface area contributed by atoms with Crippen LogP contribution < -0.4 is 0 Å². The van der Waals surface area contributed by atoms with E-state index in [1.54, 1.807) is 0 Å². The first-order valence-electron chi connectivity index (χ1n) is 9.42. The number of aliphatic hydroxyl groups excluding tert-OH is 2. The molecule has 0 saturated heterocycles. The van der Waals surface area contributed by atoms with Crippen molar-refractivity contribution in [2.75, 3.05) is 13.7 Å². The van der Waals surface area contributed by atoms with E-state index in [9.17, 15) is 9.90 Å². The van der Waals surface area contributed by atoms with E-state index in [2.05, 4.69) is 33.4 Å². The molecule has 0 amide bonds. The van der Waals surface area contributed by atoms with Crippen LogP contribution in [0, 0.1) is 22.7 Å². The van der Waals surface area contributed by atoms with Gasteiger partial charge in [-0.1, -0.05) is 39.8 Å². The summed E-state index contributed by atoms with van der Waals surface area (Å²) in [5, 5.41) is 18.9. The van der Waals surface area contributed by atoms with Gasteiger partial charge in [0, 0.05) is 5.57 Å². The highest BCUT2D eigenvalue weighted by molar-refractivity contribution is 5.89. The lowest BCUT2D eigenvalue weighted by molar-refractivity contribution is -0.139. The summed E-state index contributed by atoms with van der Waals surface area (Å²) in [5.41, 5.74) is 1.72. The van der Waals surface area contributed by atoms with Crippen LogP contribution in [0.5, 0.6) is 0 Å². The molecule has 1 fully saturated rings. The lowest BCUT2D eigenvalue weighted by Gasteiger charge is -2.56. The smallest absolute Gasteiger partial charge is 0.333 e. The number of aliphatic hydroxyl groups is 2. The standard InChI is InChI=1S/C21H34O4/c1-14(17(23)13-22)7-9-16-15(19(24)25-5)8-10-18-20(2,3)11-6-12-21(16,18)4/h8,16-18,22-23H,1,6-7,9-13H2,2-5H3/t16-,17+,18-,21+/m0/s1. The van der Waals surface area contributed by atoms with Crippen molar-refractivity contribution in [3.05, 3.63) is 23.8 Å². The molecule has 0 heterocycles. The predicted octanol–water partition coefficient (Wildman–Crippen LogP) is 3.63.